The number of piperidine rings is 1. The van der Waals surface area contributed by atoms with Gasteiger partial charge in [-0.2, -0.15) is 13.2 Å². The maximum atomic E-state index is 13.1. The van der Waals surface area contributed by atoms with Gasteiger partial charge in [0.05, 0.1) is 11.3 Å². The molecule has 0 unspecified atom stereocenters. The van der Waals surface area contributed by atoms with Gasteiger partial charge in [-0.3, -0.25) is 4.90 Å². The number of alkyl halides is 3. The summed E-state index contributed by atoms with van der Waals surface area (Å²) in [5.41, 5.74) is 8.35. The number of hydrogen-bond donors (Lipinski definition) is 1. The number of rotatable bonds is 4. The van der Waals surface area contributed by atoms with Crippen LogP contribution < -0.4 is 5.73 Å². The lowest BCUT2D eigenvalue weighted by Crippen LogP contribution is -2.43. The minimum Gasteiger partial charge on any atom is -0.383 e. The van der Waals surface area contributed by atoms with Crippen LogP contribution in [0.5, 0.6) is 0 Å². The van der Waals surface area contributed by atoms with Gasteiger partial charge >= 0.3 is 6.18 Å². The number of aromatic nitrogens is 1. The fraction of sp³-hybridized carbons (Fsp3) is 0.522. The van der Waals surface area contributed by atoms with E-state index in [1.54, 1.807) is 6.07 Å². The molecule has 2 saturated heterocycles. The van der Waals surface area contributed by atoms with E-state index in [1.807, 2.05) is 13.0 Å². The number of nitrogens with two attached hydrogens (primary N) is 1. The molecule has 0 bridgehead atoms. The summed E-state index contributed by atoms with van der Waals surface area (Å²) in [5, 5.41) is 0. The highest BCUT2D eigenvalue weighted by Crippen LogP contribution is 2.34. The van der Waals surface area contributed by atoms with Crippen LogP contribution in [0.3, 0.4) is 0 Å². The lowest BCUT2D eigenvalue weighted by molar-refractivity contribution is -0.137. The largest absolute Gasteiger partial charge is 0.416 e. The number of likely N-dealkylation sites (tertiary alicyclic amines) is 2. The highest BCUT2D eigenvalue weighted by molar-refractivity contribution is 5.75. The van der Waals surface area contributed by atoms with E-state index in [0.29, 0.717) is 17.2 Å². The smallest absolute Gasteiger partial charge is 0.383 e. The van der Waals surface area contributed by atoms with E-state index in [0.717, 1.165) is 43.0 Å². The minimum absolute atomic E-state index is 0.280. The highest BCUT2D eigenvalue weighted by Gasteiger charge is 2.31. The number of pyridine rings is 1. The molecule has 4 nitrogen and oxygen atoms in total. The Morgan fingerprint density at radius 3 is 2.43 bits per heavy atom. The van der Waals surface area contributed by atoms with Crippen molar-refractivity contribution >= 4 is 5.82 Å². The average Bonchev–Trinajstić information content (AvgIpc) is 3.25. The van der Waals surface area contributed by atoms with Crippen LogP contribution >= 0.6 is 0 Å². The molecular formula is C23H29F3N4. The Morgan fingerprint density at radius 1 is 1.07 bits per heavy atom. The Labute approximate surface area is 175 Å². The maximum absolute atomic E-state index is 13.1. The van der Waals surface area contributed by atoms with Crippen LogP contribution in [-0.4, -0.2) is 47.0 Å². The predicted octanol–water partition coefficient (Wildman–Crippen LogP) is 4.72. The Hall–Kier alpha value is -2.12. The van der Waals surface area contributed by atoms with Crippen LogP contribution in [0.4, 0.5) is 19.0 Å². The second-order valence-corrected chi connectivity index (χ2v) is 8.51. The summed E-state index contributed by atoms with van der Waals surface area (Å²) in [5.74, 6) is 0.280. The van der Waals surface area contributed by atoms with E-state index in [-0.39, 0.29) is 5.82 Å². The van der Waals surface area contributed by atoms with E-state index in [2.05, 4.69) is 14.8 Å². The molecule has 2 aromatic rings. The molecule has 0 radical (unpaired) electrons. The topological polar surface area (TPSA) is 45.4 Å². The number of benzene rings is 1. The van der Waals surface area contributed by atoms with Crippen molar-refractivity contribution in [3.63, 3.8) is 0 Å². The summed E-state index contributed by atoms with van der Waals surface area (Å²) in [6.45, 7) is 7.23. The summed E-state index contributed by atoms with van der Waals surface area (Å²) in [6.07, 6.45) is 0.615. The van der Waals surface area contributed by atoms with Gasteiger partial charge in [0.1, 0.15) is 5.82 Å². The van der Waals surface area contributed by atoms with Crippen LogP contribution in [0.15, 0.2) is 30.3 Å². The third-order valence-electron chi connectivity index (χ3n) is 6.44. The summed E-state index contributed by atoms with van der Waals surface area (Å²) in [6, 6.07) is 7.82. The lowest BCUT2D eigenvalue weighted by Gasteiger charge is -2.36. The van der Waals surface area contributed by atoms with Gasteiger partial charge in [0.2, 0.25) is 0 Å². The molecule has 2 aliphatic rings. The lowest BCUT2D eigenvalue weighted by atomic mass is 10.00. The van der Waals surface area contributed by atoms with Gasteiger partial charge in [-0.1, -0.05) is 12.1 Å². The molecule has 2 aliphatic heterocycles. The molecule has 2 N–H and O–H groups in total. The zero-order chi connectivity index (χ0) is 21.3. The van der Waals surface area contributed by atoms with Crippen LogP contribution in [0.2, 0.25) is 0 Å². The van der Waals surface area contributed by atoms with Crippen molar-refractivity contribution in [3.8, 4) is 11.1 Å². The molecule has 7 heteroatoms. The first-order valence-electron chi connectivity index (χ1n) is 10.7. The van der Waals surface area contributed by atoms with Crippen LogP contribution in [-0.2, 0) is 12.7 Å². The quantitative estimate of drug-likeness (QED) is 0.781. The average molecular weight is 419 g/mol. The SMILES string of the molecule is Cc1cc(-c2cccc(C(F)(F)F)c2)c(N)nc1CN1CCC(N2CCCC2)CC1. The zero-order valence-corrected chi connectivity index (χ0v) is 17.4. The van der Waals surface area contributed by atoms with Crippen molar-refractivity contribution in [2.75, 3.05) is 31.9 Å². The number of anilines is 1. The maximum Gasteiger partial charge on any atom is 0.416 e. The molecule has 0 spiro atoms. The normalized spacial score (nSPS) is 19.5. The molecule has 1 aromatic heterocycles. The van der Waals surface area contributed by atoms with Crippen molar-refractivity contribution in [1.29, 1.82) is 0 Å². The highest BCUT2D eigenvalue weighted by atomic mass is 19.4. The molecule has 0 aliphatic carbocycles. The van der Waals surface area contributed by atoms with Gasteiger partial charge < -0.3 is 10.6 Å². The second-order valence-electron chi connectivity index (χ2n) is 8.51. The van der Waals surface area contributed by atoms with Gasteiger partial charge in [-0.15, -0.1) is 0 Å². The van der Waals surface area contributed by atoms with E-state index in [4.69, 9.17) is 5.73 Å². The molecule has 0 saturated carbocycles. The number of hydrogen-bond acceptors (Lipinski definition) is 4. The van der Waals surface area contributed by atoms with E-state index < -0.39 is 11.7 Å². The van der Waals surface area contributed by atoms with Crippen molar-refractivity contribution < 1.29 is 13.2 Å². The zero-order valence-electron chi connectivity index (χ0n) is 17.4. The Kier molecular flexibility index (Phi) is 6.02. The number of nitrogens with zero attached hydrogens (tertiary/aromatic N) is 3. The van der Waals surface area contributed by atoms with Crippen LogP contribution in [0.1, 0.15) is 42.5 Å². The van der Waals surface area contributed by atoms with Gasteiger partial charge in [-0.05, 0) is 75.0 Å². The Bertz CT molecular complexity index is 883. The fourth-order valence-electron chi connectivity index (χ4n) is 4.68. The van der Waals surface area contributed by atoms with E-state index >= 15 is 0 Å². The Morgan fingerprint density at radius 2 is 1.77 bits per heavy atom. The predicted molar refractivity (Wildman–Crippen MR) is 113 cm³/mol. The molecule has 0 amide bonds. The molecule has 4 rings (SSSR count). The van der Waals surface area contributed by atoms with Crippen molar-refractivity contribution in [2.24, 2.45) is 0 Å². The summed E-state index contributed by atoms with van der Waals surface area (Å²) in [4.78, 5) is 9.61. The molecule has 1 aromatic carbocycles. The van der Waals surface area contributed by atoms with Crippen molar-refractivity contribution in [1.82, 2.24) is 14.8 Å². The van der Waals surface area contributed by atoms with Gasteiger partial charge in [0, 0.05) is 31.2 Å². The Balaban J connectivity index is 1.46. The van der Waals surface area contributed by atoms with Crippen LogP contribution in [0.25, 0.3) is 11.1 Å². The molecule has 2 fully saturated rings. The monoisotopic (exact) mass is 418 g/mol. The summed E-state index contributed by atoms with van der Waals surface area (Å²) < 4.78 is 39.2. The minimum atomic E-state index is -4.38. The van der Waals surface area contributed by atoms with Gasteiger partial charge in [-0.25, -0.2) is 4.98 Å². The third kappa shape index (κ3) is 4.62. The summed E-state index contributed by atoms with van der Waals surface area (Å²) >= 11 is 0. The fourth-order valence-corrected chi connectivity index (χ4v) is 4.68. The first-order chi connectivity index (χ1) is 14.3. The van der Waals surface area contributed by atoms with Gasteiger partial charge in [0.25, 0.3) is 0 Å². The standard InChI is InChI=1S/C23H29F3N4/c1-16-13-20(17-5-4-6-18(14-17)23(24,25)26)22(27)28-21(16)15-29-11-7-19(8-12-29)30-9-2-3-10-30/h4-6,13-14,19H,2-3,7-12,15H2,1H3,(H2,27,28). The number of nitrogen functional groups attached to an aromatic ring is 1. The van der Waals surface area contributed by atoms with Crippen molar-refractivity contribution in [2.45, 2.75) is 51.4 Å². The number of halogens is 3. The first kappa shape index (κ1) is 21.1. The molecule has 162 valence electrons. The van der Waals surface area contributed by atoms with E-state index in [1.165, 1.54) is 44.8 Å². The van der Waals surface area contributed by atoms with E-state index in [9.17, 15) is 13.2 Å². The molecular weight excluding hydrogens is 389 g/mol. The van der Waals surface area contributed by atoms with Crippen molar-refractivity contribution in [3.05, 3.63) is 47.2 Å². The molecule has 30 heavy (non-hydrogen) atoms. The molecule has 0 atom stereocenters. The number of aryl methyl sites for hydroxylation is 1. The summed E-state index contributed by atoms with van der Waals surface area (Å²) in [7, 11) is 0. The third-order valence-corrected chi connectivity index (χ3v) is 6.44. The molecule has 3 heterocycles. The van der Waals surface area contributed by atoms with Crippen LogP contribution in [0, 0.1) is 6.92 Å². The second kappa shape index (κ2) is 8.55. The first-order valence-corrected chi connectivity index (χ1v) is 10.7. The van der Waals surface area contributed by atoms with Gasteiger partial charge in [0.15, 0.2) is 0 Å².